The molecule has 0 N–H and O–H groups in total. The first-order chi connectivity index (χ1) is 9.84. The van der Waals surface area contributed by atoms with E-state index in [9.17, 15) is 0 Å². The van der Waals surface area contributed by atoms with Crippen molar-refractivity contribution < 1.29 is 0 Å². The molecule has 0 aliphatic heterocycles. The van der Waals surface area contributed by atoms with E-state index in [0.717, 1.165) is 12.8 Å². The van der Waals surface area contributed by atoms with E-state index in [-0.39, 0.29) is 0 Å². The van der Waals surface area contributed by atoms with Crippen molar-refractivity contribution in [3.05, 3.63) is 89.5 Å². The lowest BCUT2D eigenvalue weighted by Crippen LogP contribution is -1.97. The molecule has 20 heavy (non-hydrogen) atoms. The van der Waals surface area contributed by atoms with Crippen LogP contribution in [0.15, 0.2) is 72.8 Å². The summed E-state index contributed by atoms with van der Waals surface area (Å²) >= 11 is 0. The maximum atomic E-state index is 2.35. The molecular formula is C20H20. The van der Waals surface area contributed by atoms with Crippen LogP contribution in [0.3, 0.4) is 0 Å². The number of hydrogen-bond acceptors (Lipinski definition) is 0. The number of hydrogen-bond donors (Lipinski definition) is 0. The standard InChI is InChI=1S/C20H20/c1-16(17-9-4-2-5-10-17)19-13-8-14-20(15-19)18-11-6-3-7-12-18/h2-6,8-11,13-16H,7,12H2,1H3. The monoisotopic (exact) mass is 260 g/mol. The van der Waals surface area contributed by atoms with Crippen LogP contribution < -0.4 is 0 Å². The molecule has 100 valence electrons. The molecule has 2 aromatic rings. The summed E-state index contributed by atoms with van der Waals surface area (Å²) in [4.78, 5) is 0. The van der Waals surface area contributed by atoms with E-state index in [1.165, 1.54) is 22.3 Å². The van der Waals surface area contributed by atoms with Crippen molar-refractivity contribution in [2.75, 3.05) is 0 Å². The molecule has 0 nitrogen and oxygen atoms in total. The second-order valence-electron chi connectivity index (χ2n) is 5.42. The first-order valence-corrected chi connectivity index (χ1v) is 7.35. The fourth-order valence-electron chi connectivity index (χ4n) is 2.79. The molecule has 0 fully saturated rings. The van der Waals surface area contributed by atoms with Crippen molar-refractivity contribution in [3.63, 3.8) is 0 Å². The van der Waals surface area contributed by atoms with E-state index in [1.807, 2.05) is 0 Å². The molecule has 1 aliphatic carbocycles. The minimum atomic E-state index is 0.441. The molecule has 0 aromatic heterocycles. The third-order valence-corrected chi connectivity index (χ3v) is 4.07. The molecule has 2 aromatic carbocycles. The third kappa shape index (κ3) is 2.75. The molecule has 0 amide bonds. The summed E-state index contributed by atoms with van der Waals surface area (Å²) in [5.41, 5.74) is 5.59. The summed E-state index contributed by atoms with van der Waals surface area (Å²) in [5.74, 6) is 0.441. The molecule has 0 heteroatoms. The number of allylic oxidation sites excluding steroid dienone is 4. The lowest BCUT2D eigenvalue weighted by Gasteiger charge is -2.15. The SMILES string of the molecule is CC(c1ccccc1)c1cccc(C2=CC=CCC2)c1. The van der Waals surface area contributed by atoms with Crippen LogP contribution in [0.25, 0.3) is 5.57 Å². The van der Waals surface area contributed by atoms with E-state index < -0.39 is 0 Å². The molecule has 1 atom stereocenters. The molecule has 0 saturated carbocycles. The first kappa shape index (κ1) is 12.9. The second kappa shape index (κ2) is 5.92. The minimum absolute atomic E-state index is 0.441. The van der Waals surface area contributed by atoms with Gasteiger partial charge in [0.1, 0.15) is 0 Å². The van der Waals surface area contributed by atoms with Crippen LogP contribution in [0, 0.1) is 0 Å². The van der Waals surface area contributed by atoms with Gasteiger partial charge in [-0.05, 0) is 35.1 Å². The van der Waals surface area contributed by atoms with Gasteiger partial charge in [0.25, 0.3) is 0 Å². The third-order valence-electron chi connectivity index (χ3n) is 4.07. The number of rotatable bonds is 3. The molecule has 0 heterocycles. The van der Waals surface area contributed by atoms with E-state index in [1.54, 1.807) is 0 Å². The van der Waals surface area contributed by atoms with Crippen LogP contribution in [0.2, 0.25) is 0 Å². The van der Waals surface area contributed by atoms with Gasteiger partial charge in [-0.25, -0.2) is 0 Å². The van der Waals surface area contributed by atoms with Crippen molar-refractivity contribution in [3.8, 4) is 0 Å². The molecule has 3 rings (SSSR count). The summed E-state index contributed by atoms with van der Waals surface area (Å²) in [5, 5.41) is 0. The predicted octanol–water partition coefficient (Wildman–Crippen LogP) is 5.57. The Kier molecular flexibility index (Phi) is 3.83. The number of benzene rings is 2. The average molecular weight is 260 g/mol. The summed E-state index contributed by atoms with van der Waals surface area (Å²) in [7, 11) is 0. The predicted molar refractivity (Wildman–Crippen MR) is 86.8 cm³/mol. The second-order valence-corrected chi connectivity index (χ2v) is 5.42. The van der Waals surface area contributed by atoms with Gasteiger partial charge in [0.15, 0.2) is 0 Å². The van der Waals surface area contributed by atoms with Gasteiger partial charge in [0.05, 0.1) is 0 Å². The minimum Gasteiger partial charge on any atom is -0.0842 e. The summed E-state index contributed by atoms with van der Waals surface area (Å²) in [6.07, 6.45) is 8.96. The van der Waals surface area contributed by atoms with Crippen LogP contribution in [0.5, 0.6) is 0 Å². The Morgan fingerprint density at radius 1 is 0.900 bits per heavy atom. The highest BCUT2D eigenvalue weighted by Crippen LogP contribution is 2.29. The van der Waals surface area contributed by atoms with Crippen LogP contribution in [0.1, 0.15) is 42.4 Å². The summed E-state index contributed by atoms with van der Waals surface area (Å²) in [6.45, 7) is 2.28. The Bertz CT molecular complexity index is 632. The van der Waals surface area contributed by atoms with Crippen molar-refractivity contribution in [2.45, 2.75) is 25.7 Å². The van der Waals surface area contributed by atoms with Gasteiger partial charge in [-0.3, -0.25) is 0 Å². The van der Waals surface area contributed by atoms with E-state index in [4.69, 9.17) is 0 Å². The molecule has 0 bridgehead atoms. The molecule has 0 spiro atoms. The first-order valence-electron chi connectivity index (χ1n) is 7.35. The van der Waals surface area contributed by atoms with Crippen molar-refractivity contribution in [1.82, 2.24) is 0 Å². The summed E-state index contributed by atoms with van der Waals surface area (Å²) < 4.78 is 0. The molecular weight excluding hydrogens is 240 g/mol. The smallest absolute Gasteiger partial charge is 0.00612 e. The van der Waals surface area contributed by atoms with Crippen molar-refractivity contribution in [1.29, 1.82) is 0 Å². The quantitative estimate of drug-likeness (QED) is 0.676. The van der Waals surface area contributed by atoms with Gasteiger partial charge >= 0.3 is 0 Å². The summed E-state index contributed by atoms with van der Waals surface area (Å²) in [6, 6.07) is 19.7. The highest BCUT2D eigenvalue weighted by atomic mass is 14.1. The maximum absolute atomic E-state index is 2.35. The van der Waals surface area contributed by atoms with Crippen LogP contribution >= 0.6 is 0 Å². The van der Waals surface area contributed by atoms with E-state index >= 15 is 0 Å². The highest BCUT2D eigenvalue weighted by Gasteiger charge is 2.10. The lowest BCUT2D eigenvalue weighted by atomic mass is 9.89. The Morgan fingerprint density at radius 2 is 1.70 bits per heavy atom. The van der Waals surface area contributed by atoms with Gasteiger partial charge in [-0.1, -0.05) is 79.7 Å². The zero-order valence-corrected chi connectivity index (χ0v) is 11.9. The van der Waals surface area contributed by atoms with E-state index in [0.29, 0.717) is 5.92 Å². The van der Waals surface area contributed by atoms with Crippen molar-refractivity contribution >= 4 is 5.57 Å². The van der Waals surface area contributed by atoms with Gasteiger partial charge in [-0.15, -0.1) is 0 Å². The Balaban J connectivity index is 1.91. The topological polar surface area (TPSA) is 0 Å². The Morgan fingerprint density at radius 3 is 2.45 bits per heavy atom. The Labute approximate surface area is 121 Å². The van der Waals surface area contributed by atoms with Crippen LogP contribution in [0.4, 0.5) is 0 Å². The normalized spacial score (nSPS) is 15.8. The average Bonchev–Trinajstić information content (AvgIpc) is 2.56. The van der Waals surface area contributed by atoms with Gasteiger partial charge in [0, 0.05) is 5.92 Å². The van der Waals surface area contributed by atoms with Crippen molar-refractivity contribution in [2.24, 2.45) is 0 Å². The zero-order chi connectivity index (χ0) is 13.8. The Hall–Kier alpha value is -2.08. The molecule has 0 saturated heterocycles. The molecule has 1 aliphatic rings. The lowest BCUT2D eigenvalue weighted by molar-refractivity contribution is 0.920. The van der Waals surface area contributed by atoms with Gasteiger partial charge in [0.2, 0.25) is 0 Å². The van der Waals surface area contributed by atoms with Gasteiger partial charge in [-0.2, -0.15) is 0 Å². The van der Waals surface area contributed by atoms with E-state index in [2.05, 4.69) is 79.7 Å². The fourth-order valence-corrected chi connectivity index (χ4v) is 2.79. The van der Waals surface area contributed by atoms with Gasteiger partial charge < -0.3 is 0 Å². The largest absolute Gasteiger partial charge is 0.0842 e. The molecule has 1 unspecified atom stereocenters. The fraction of sp³-hybridized carbons (Fsp3) is 0.200. The zero-order valence-electron chi connectivity index (χ0n) is 11.9. The van der Waals surface area contributed by atoms with Crippen LogP contribution in [-0.2, 0) is 0 Å². The van der Waals surface area contributed by atoms with Crippen LogP contribution in [-0.4, -0.2) is 0 Å². The molecule has 0 radical (unpaired) electrons. The highest BCUT2D eigenvalue weighted by molar-refractivity contribution is 5.68. The maximum Gasteiger partial charge on any atom is 0.00612 e.